The molecule has 0 aliphatic carbocycles. The number of hydrogen-bond acceptors (Lipinski definition) is 4. The number of aryl methyl sites for hydroxylation is 1. The average Bonchev–Trinajstić information content (AvgIpc) is 2.99. The van der Waals surface area contributed by atoms with E-state index in [-0.39, 0.29) is 5.75 Å². The van der Waals surface area contributed by atoms with Crippen molar-refractivity contribution >= 4 is 17.7 Å². The molecule has 1 saturated heterocycles. The van der Waals surface area contributed by atoms with Crippen molar-refractivity contribution in [2.75, 3.05) is 23.7 Å². The Labute approximate surface area is 149 Å². The van der Waals surface area contributed by atoms with Gasteiger partial charge < -0.3 is 4.90 Å². The van der Waals surface area contributed by atoms with Crippen LogP contribution in [-0.2, 0) is 0 Å². The summed E-state index contributed by atoms with van der Waals surface area (Å²) >= 11 is 1.10. The second-order valence-electron chi connectivity index (χ2n) is 6.21. The standard InChI is InChI=1S/C17H21F3N4S/c1-13-5-7-14(8-6-13)24-15(23-10-3-2-4-11-23)21-22-16(24)25-12-9-17(18,19)20/h5-8H,2-4,9-12H2,1H3. The van der Waals surface area contributed by atoms with Crippen LogP contribution in [0.4, 0.5) is 19.1 Å². The van der Waals surface area contributed by atoms with Gasteiger partial charge in [0.2, 0.25) is 5.95 Å². The first-order valence-corrected chi connectivity index (χ1v) is 9.39. The summed E-state index contributed by atoms with van der Waals surface area (Å²) in [5.74, 6) is 0.658. The zero-order chi connectivity index (χ0) is 17.9. The van der Waals surface area contributed by atoms with Crippen molar-refractivity contribution < 1.29 is 13.2 Å². The molecule has 1 aliphatic heterocycles. The minimum Gasteiger partial charge on any atom is -0.341 e. The van der Waals surface area contributed by atoms with Crippen LogP contribution < -0.4 is 4.90 Å². The van der Waals surface area contributed by atoms with Crippen molar-refractivity contribution in [3.05, 3.63) is 29.8 Å². The molecular weight excluding hydrogens is 349 g/mol. The molecule has 1 fully saturated rings. The van der Waals surface area contributed by atoms with E-state index in [4.69, 9.17) is 0 Å². The number of rotatable bonds is 5. The summed E-state index contributed by atoms with van der Waals surface area (Å²) in [6.07, 6.45) is -1.61. The van der Waals surface area contributed by atoms with Crippen molar-refractivity contribution in [3.8, 4) is 5.69 Å². The van der Waals surface area contributed by atoms with E-state index in [9.17, 15) is 13.2 Å². The lowest BCUT2D eigenvalue weighted by molar-refractivity contribution is -0.129. The Morgan fingerprint density at radius 3 is 2.36 bits per heavy atom. The van der Waals surface area contributed by atoms with Crippen molar-refractivity contribution in [2.24, 2.45) is 0 Å². The van der Waals surface area contributed by atoms with Crippen molar-refractivity contribution in [2.45, 2.75) is 43.9 Å². The lowest BCUT2D eigenvalue weighted by Crippen LogP contribution is -2.31. The lowest BCUT2D eigenvalue weighted by Gasteiger charge is -2.27. The maximum absolute atomic E-state index is 12.5. The Morgan fingerprint density at radius 1 is 1.04 bits per heavy atom. The first-order valence-electron chi connectivity index (χ1n) is 8.41. The van der Waals surface area contributed by atoms with Crippen LogP contribution in [-0.4, -0.2) is 39.8 Å². The van der Waals surface area contributed by atoms with E-state index in [0.717, 1.165) is 54.9 Å². The molecule has 0 spiro atoms. The number of alkyl halides is 3. The van der Waals surface area contributed by atoms with E-state index in [1.54, 1.807) is 0 Å². The van der Waals surface area contributed by atoms with Gasteiger partial charge in [0.25, 0.3) is 0 Å². The molecule has 0 saturated carbocycles. The fourth-order valence-corrected chi connectivity index (χ4v) is 3.76. The number of halogens is 3. The number of hydrogen-bond donors (Lipinski definition) is 0. The monoisotopic (exact) mass is 370 g/mol. The summed E-state index contributed by atoms with van der Waals surface area (Å²) in [5, 5.41) is 8.98. The Kier molecular flexibility index (Phi) is 5.56. The van der Waals surface area contributed by atoms with Gasteiger partial charge in [-0.15, -0.1) is 10.2 Å². The van der Waals surface area contributed by atoms with E-state index in [1.165, 1.54) is 6.42 Å². The predicted molar refractivity (Wildman–Crippen MR) is 93.6 cm³/mol. The van der Waals surface area contributed by atoms with Gasteiger partial charge in [-0.1, -0.05) is 29.5 Å². The molecule has 1 aliphatic rings. The summed E-state index contributed by atoms with van der Waals surface area (Å²) in [6, 6.07) is 7.89. The molecule has 1 aromatic carbocycles. The van der Waals surface area contributed by atoms with Crippen molar-refractivity contribution in [1.29, 1.82) is 0 Å². The summed E-state index contributed by atoms with van der Waals surface area (Å²) in [7, 11) is 0. The Hall–Kier alpha value is -1.70. The van der Waals surface area contributed by atoms with Gasteiger partial charge in [0.1, 0.15) is 0 Å². The Balaban J connectivity index is 1.89. The first-order chi connectivity index (χ1) is 11.9. The zero-order valence-corrected chi connectivity index (χ0v) is 14.9. The van der Waals surface area contributed by atoms with Crippen LogP contribution in [0, 0.1) is 6.92 Å². The molecular formula is C17H21F3N4S. The highest BCUT2D eigenvalue weighted by Gasteiger charge is 2.27. The highest BCUT2D eigenvalue weighted by molar-refractivity contribution is 7.99. The molecule has 136 valence electrons. The molecule has 0 N–H and O–H groups in total. The highest BCUT2D eigenvalue weighted by atomic mass is 32.2. The molecule has 8 heteroatoms. The van der Waals surface area contributed by atoms with E-state index in [1.807, 2.05) is 35.8 Å². The Morgan fingerprint density at radius 2 is 1.72 bits per heavy atom. The van der Waals surface area contributed by atoms with Crippen molar-refractivity contribution in [3.63, 3.8) is 0 Å². The highest BCUT2D eigenvalue weighted by Crippen LogP contribution is 2.30. The fraction of sp³-hybridized carbons (Fsp3) is 0.529. The fourth-order valence-electron chi connectivity index (χ4n) is 2.83. The van der Waals surface area contributed by atoms with Crippen LogP contribution in [0.2, 0.25) is 0 Å². The maximum Gasteiger partial charge on any atom is 0.389 e. The molecule has 4 nitrogen and oxygen atoms in total. The number of thioether (sulfide) groups is 1. The van der Waals surface area contributed by atoms with Crippen LogP contribution in [0.5, 0.6) is 0 Å². The van der Waals surface area contributed by atoms with Gasteiger partial charge in [-0.05, 0) is 38.3 Å². The minimum absolute atomic E-state index is 0.0620. The third kappa shape index (κ3) is 4.68. The third-order valence-corrected chi connectivity index (χ3v) is 5.09. The molecule has 0 unspecified atom stereocenters. The molecule has 1 aromatic heterocycles. The Bertz CT molecular complexity index is 691. The SMILES string of the molecule is Cc1ccc(-n2c(SCCC(F)(F)F)nnc2N2CCCCC2)cc1. The number of aromatic nitrogens is 3. The topological polar surface area (TPSA) is 34.0 Å². The van der Waals surface area contributed by atoms with Crippen LogP contribution in [0.3, 0.4) is 0 Å². The smallest absolute Gasteiger partial charge is 0.341 e. The molecule has 0 amide bonds. The minimum atomic E-state index is -4.16. The molecule has 3 rings (SSSR count). The normalized spacial score (nSPS) is 15.6. The third-order valence-electron chi connectivity index (χ3n) is 4.16. The number of nitrogens with zero attached hydrogens (tertiary/aromatic N) is 4. The summed E-state index contributed by atoms with van der Waals surface area (Å²) in [4.78, 5) is 2.17. The number of anilines is 1. The number of piperidine rings is 1. The molecule has 2 aromatic rings. The largest absolute Gasteiger partial charge is 0.389 e. The van der Waals surface area contributed by atoms with Gasteiger partial charge >= 0.3 is 6.18 Å². The molecule has 25 heavy (non-hydrogen) atoms. The molecule has 0 bridgehead atoms. The molecule has 0 radical (unpaired) electrons. The van der Waals surface area contributed by atoms with E-state index in [0.29, 0.717) is 5.16 Å². The van der Waals surface area contributed by atoms with Gasteiger partial charge in [0.05, 0.1) is 12.1 Å². The van der Waals surface area contributed by atoms with Gasteiger partial charge in [0.15, 0.2) is 5.16 Å². The molecule has 0 atom stereocenters. The van der Waals surface area contributed by atoms with Gasteiger partial charge in [-0.3, -0.25) is 4.57 Å². The summed E-state index contributed by atoms with van der Waals surface area (Å²) in [6.45, 7) is 3.80. The summed E-state index contributed by atoms with van der Waals surface area (Å²) in [5.41, 5.74) is 2.01. The van der Waals surface area contributed by atoms with Crippen LogP contribution in [0.1, 0.15) is 31.2 Å². The second kappa shape index (κ2) is 7.68. The predicted octanol–water partition coefficient (Wildman–Crippen LogP) is 4.61. The van der Waals surface area contributed by atoms with E-state index >= 15 is 0 Å². The summed E-state index contributed by atoms with van der Waals surface area (Å²) < 4.78 is 39.3. The lowest BCUT2D eigenvalue weighted by atomic mass is 10.1. The van der Waals surface area contributed by atoms with Crippen molar-refractivity contribution in [1.82, 2.24) is 14.8 Å². The first kappa shape index (κ1) is 18.1. The van der Waals surface area contributed by atoms with Crippen LogP contribution >= 0.6 is 11.8 Å². The maximum atomic E-state index is 12.5. The quantitative estimate of drug-likeness (QED) is 0.720. The van der Waals surface area contributed by atoms with Gasteiger partial charge in [0, 0.05) is 18.8 Å². The average molecular weight is 370 g/mol. The van der Waals surface area contributed by atoms with Gasteiger partial charge in [-0.2, -0.15) is 13.2 Å². The van der Waals surface area contributed by atoms with Gasteiger partial charge in [-0.25, -0.2) is 0 Å². The second-order valence-corrected chi connectivity index (χ2v) is 7.28. The number of benzene rings is 1. The van der Waals surface area contributed by atoms with Crippen LogP contribution in [0.15, 0.2) is 29.4 Å². The zero-order valence-electron chi connectivity index (χ0n) is 14.1. The van der Waals surface area contributed by atoms with E-state index < -0.39 is 12.6 Å². The van der Waals surface area contributed by atoms with E-state index in [2.05, 4.69) is 15.1 Å². The molecule has 2 heterocycles. The van der Waals surface area contributed by atoms with Crippen LogP contribution in [0.25, 0.3) is 5.69 Å².